The average Bonchev–Trinajstić information content (AvgIpc) is 3.82. The van der Waals surface area contributed by atoms with E-state index in [1.807, 2.05) is 13.0 Å². The molecule has 46 heavy (non-hydrogen) atoms. The Bertz CT molecular complexity index is 1880. The predicted octanol–water partition coefficient (Wildman–Crippen LogP) is 4.72. The molecule has 0 aliphatic carbocycles. The molecule has 1 atom stereocenters. The lowest BCUT2D eigenvalue weighted by Crippen LogP contribution is -2.24. The molecular formula is C30H29Cl2N9O5. The number of aromatic amines is 1. The Morgan fingerprint density at radius 3 is 2.70 bits per heavy atom. The number of anilines is 1. The van der Waals surface area contributed by atoms with Crippen LogP contribution in [0.4, 0.5) is 10.6 Å². The van der Waals surface area contributed by atoms with Gasteiger partial charge in [0.1, 0.15) is 24.6 Å². The van der Waals surface area contributed by atoms with E-state index in [0.29, 0.717) is 71.8 Å². The van der Waals surface area contributed by atoms with Gasteiger partial charge in [-0.1, -0.05) is 23.2 Å². The first kappa shape index (κ1) is 31.4. The largest absolute Gasteiger partial charge is 0.447 e. The third kappa shape index (κ3) is 6.94. The van der Waals surface area contributed by atoms with Crippen LogP contribution in [0.3, 0.4) is 0 Å². The third-order valence-corrected chi connectivity index (χ3v) is 7.82. The van der Waals surface area contributed by atoms with Gasteiger partial charge in [0.25, 0.3) is 5.56 Å². The number of carbonyl (C=O) groups excluding carboxylic acids is 1. The molecule has 1 aliphatic rings. The third-order valence-electron chi connectivity index (χ3n) is 7.31. The van der Waals surface area contributed by atoms with Crippen LogP contribution in [0.25, 0.3) is 28.1 Å². The van der Waals surface area contributed by atoms with Gasteiger partial charge in [-0.2, -0.15) is 4.68 Å². The zero-order valence-corrected chi connectivity index (χ0v) is 26.2. The van der Waals surface area contributed by atoms with Crippen LogP contribution in [0.15, 0.2) is 59.8 Å². The summed E-state index contributed by atoms with van der Waals surface area (Å²) < 4.78 is 18.9. The Kier molecular flexibility index (Phi) is 9.68. The van der Waals surface area contributed by atoms with Crippen molar-refractivity contribution in [3.63, 3.8) is 0 Å². The molecule has 16 heteroatoms. The number of tetrazole rings is 1. The highest BCUT2D eigenvalue weighted by Gasteiger charge is 2.29. The maximum absolute atomic E-state index is 13.5. The number of aryl methyl sites for hydroxylation is 1. The van der Waals surface area contributed by atoms with Crippen molar-refractivity contribution < 1.29 is 19.0 Å². The van der Waals surface area contributed by atoms with E-state index >= 15 is 0 Å². The van der Waals surface area contributed by atoms with Gasteiger partial charge in [-0.15, -0.1) is 5.10 Å². The number of nitrogens with one attached hydrogen (secondary N) is 2. The molecule has 2 N–H and O–H groups in total. The van der Waals surface area contributed by atoms with Gasteiger partial charge < -0.3 is 23.8 Å². The molecule has 1 aromatic carbocycles. The van der Waals surface area contributed by atoms with E-state index in [-0.39, 0.29) is 30.0 Å². The van der Waals surface area contributed by atoms with Crippen LogP contribution < -0.4 is 10.9 Å². The Balaban J connectivity index is 1.14. The molecule has 6 rings (SSSR count). The monoisotopic (exact) mass is 665 g/mol. The number of hydrogen-bond acceptors (Lipinski definition) is 10. The number of amides is 1. The summed E-state index contributed by atoms with van der Waals surface area (Å²) in [7, 11) is 0. The smallest absolute Gasteiger partial charge is 0.412 e. The van der Waals surface area contributed by atoms with E-state index in [0.717, 1.165) is 11.3 Å². The molecule has 0 radical (unpaired) electrons. The number of carbonyl (C=O) groups is 1. The molecule has 0 saturated carbocycles. The molecule has 0 bridgehead atoms. The number of H-pyrrole nitrogens is 1. The topological polar surface area (TPSA) is 164 Å². The van der Waals surface area contributed by atoms with Crippen LogP contribution in [0.2, 0.25) is 10.2 Å². The second kappa shape index (κ2) is 14.2. The number of fused-ring (bicyclic) bond motifs is 1. The van der Waals surface area contributed by atoms with Crippen LogP contribution in [-0.2, 0) is 20.6 Å². The highest BCUT2D eigenvalue weighted by molar-refractivity contribution is 6.32. The molecule has 4 aromatic heterocycles. The first-order chi connectivity index (χ1) is 22.4. The summed E-state index contributed by atoms with van der Waals surface area (Å²) >= 11 is 12.9. The number of halogens is 2. The molecule has 0 spiro atoms. The van der Waals surface area contributed by atoms with Gasteiger partial charge >= 0.3 is 6.09 Å². The van der Waals surface area contributed by atoms with E-state index in [2.05, 4.69) is 35.8 Å². The predicted molar refractivity (Wildman–Crippen MR) is 169 cm³/mol. The summed E-state index contributed by atoms with van der Waals surface area (Å²) in [4.78, 5) is 37.8. The highest BCUT2D eigenvalue weighted by atomic mass is 35.5. The minimum atomic E-state index is -0.647. The maximum Gasteiger partial charge on any atom is 0.412 e. The maximum atomic E-state index is 13.5. The Morgan fingerprint density at radius 1 is 1.07 bits per heavy atom. The summed E-state index contributed by atoms with van der Waals surface area (Å²) in [6, 6.07) is 11.9. The fourth-order valence-electron chi connectivity index (χ4n) is 5.25. The molecule has 238 valence electrons. The van der Waals surface area contributed by atoms with Gasteiger partial charge in [0.2, 0.25) is 0 Å². The van der Waals surface area contributed by atoms with Crippen molar-refractivity contribution in [2.45, 2.75) is 25.8 Å². The summed E-state index contributed by atoms with van der Waals surface area (Å²) in [6.45, 7) is 3.81. The van der Waals surface area contributed by atoms with Gasteiger partial charge in [-0.3, -0.25) is 10.1 Å². The Hall–Kier alpha value is -4.63. The van der Waals surface area contributed by atoms with Crippen molar-refractivity contribution in [2.24, 2.45) is 0 Å². The molecular weight excluding hydrogens is 637 g/mol. The Morgan fingerprint density at radius 2 is 1.91 bits per heavy atom. The second-order valence-corrected chi connectivity index (χ2v) is 11.0. The molecule has 0 saturated heterocycles. The van der Waals surface area contributed by atoms with Gasteiger partial charge in [0.15, 0.2) is 5.15 Å². The lowest BCUT2D eigenvalue weighted by Gasteiger charge is -2.15. The summed E-state index contributed by atoms with van der Waals surface area (Å²) in [5.74, 6) is 0.858. The van der Waals surface area contributed by atoms with E-state index < -0.39 is 6.09 Å². The lowest BCUT2D eigenvalue weighted by atomic mass is 10.0. The van der Waals surface area contributed by atoms with Crippen molar-refractivity contribution in [1.82, 2.24) is 39.7 Å². The van der Waals surface area contributed by atoms with Crippen LogP contribution in [0.1, 0.15) is 30.9 Å². The van der Waals surface area contributed by atoms with Crippen LogP contribution in [-0.4, -0.2) is 78.9 Å². The normalized spacial score (nSPS) is 13.9. The Labute approximate surface area is 272 Å². The first-order valence-corrected chi connectivity index (χ1v) is 15.3. The quantitative estimate of drug-likeness (QED) is 0.178. The van der Waals surface area contributed by atoms with E-state index in [1.165, 1.54) is 11.0 Å². The molecule has 5 aromatic rings. The molecule has 0 fully saturated rings. The minimum absolute atomic E-state index is 0.0968. The van der Waals surface area contributed by atoms with Crippen LogP contribution in [0.5, 0.6) is 0 Å². The number of nitrogens with zero attached hydrogens (tertiary/aromatic N) is 7. The standard InChI is InChI=1S/C30H29Cl2N9O5/c1-2-44-9-10-45-11-12-46-30(43)35-25-8-3-18(16-33-25)27-28(32)37-29(36-27)24-7-5-21-13-19(14-26(42)41(21)24)22-15-20(31)4-6-23(22)40-17-34-38-39-40/h3-4,6,8,13-17,24H,2,5,7,9-12H2,1H3,(H,36,37)(H,33,35,43)/t24-/m0/s1. The molecule has 5 heterocycles. The minimum Gasteiger partial charge on any atom is -0.447 e. The first-order valence-electron chi connectivity index (χ1n) is 14.5. The summed E-state index contributed by atoms with van der Waals surface area (Å²) in [5, 5.41) is 14.8. The number of ether oxygens (including phenoxy) is 3. The zero-order valence-electron chi connectivity index (χ0n) is 24.7. The molecule has 1 aliphatic heterocycles. The van der Waals surface area contributed by atoms with Crippen molar-refractivity contribution >= 4 is 35.1 Å². The summed E-state index contributed by atoms with van der Waals surface area (Å²) in [5.41, 5.74) is 4.00. The van der Waals surface area contributed by atoms with Crippen molar-refractivity contribution in [3.8, 4) is 28.1 Å². The zero-order chi connectivity index (χ0) is 32.0. The van der Waals surface area contributed by atoms with Gasteiger partial charge in [-0.05, 0) is 72.2 Å². The van der Waals surface area contributed by atoms with Gasteiger partial charge in [-0.25, -0.2) is 14.8 Å². The van der Waals surface area contributed by atoms with Gasteiger partial charge in [0, 0.05) is 40.7 Å². The fraction of sp³-hybridized carbons (Fsp3) is 0.300. The SMILES string of the molecule is CCOCCOCCOC(=O)Nc1ccc(-c2[nH]c([C@@H]3CCc4cc(-c5cc(Cl)ccc5-n5cnnn5)cc(=O)n43)nc2Cl)cn1. The number of aromatic nitrogens is 8. The molecule has 1 amide bonds. The number of imidazole rings is 1. The number of rotatable bonds is 12. The van der Waals surface area contributed by atoms with Crippen molar-refractivity contribution in [1.29, 1.82) is 0 Å². The fourth-order valence-corrected chi connectivity index (χ4v) is 5.67. The molecule has 14 nitrogen and oxygen atoms in total. The lowest BCUT2D eigenvalue weighted by molar-refractivity contribution is 0.0333. The number of pyridine rings is 2. The average molecular weight is 667 g/mol. The van der Waals surface area contributed by atoms with E-state index in [4.69, 9.17) is 37.4 Å². The van der Waals surface area contributed by atoms with E-state index in [9.17, 15) is 9.59 Å². The van der Waals surface area contributed by atoms with Crippen molar-refractivity contribution in [3.05, 3.63) is 87.0 Å². The van der Waals surface area contributed by atoms with E-state index in [1.54, 1.807) is 47.2 Å². The summed E-state index contributed by atoms with van der Waals surface area (Å²) in [6.07, 6.45) is 3.70. The van der Waals surface area contributed by atoms with Crippen molar-refractivity contribution in [2.75, 3.05) is 38.4 Å². The number of benzene rings is 1. The van der Waals surface area contributed by atoms with Crippen LogP contribution in [0, 0.1) is 0 Å². The number of hydrogen-bond donors (Lipinski definition) is 2. The van der Waals surface area contributed by atoms with Crippen LogP contribution >= 0.6 is 23.2 Å². The van der Waals surface area contributed by atoms with Gasteiger partial charge in [0.05, 0.1) is 37.2 Å². The molecule has 0 unspecified atom stereocenters. The highest BCUT2D eigenvalue weighted by Crippen LogP contribution is 2.36. The second-order valence-electron chi connectivity index (χ2n) is 10.2.